The van der Waals surface area contributed by atoms with Crippen LogP contribution in [0.15, 0.2) is 28.7 Å². The summed E-state index contributed by atoms with van der Waals surface area (Å²) in [5.41, 5.74) is 12.7. The molecule has 0 amide bonds. The van der Waals surface area contributed by atoms with E-state index in [-0.39, 0.29) is 6.04 Å². The Hall–Kier alpha value is -1.37. The third-order valence-electron chi connectivity index (χ3n) is 3.42. The van der Waals surface area contributed by atoms with Crippen molar-refractivity contribution in [2.45, 2.75) is 32.9 Å². The van der Waals surface area contributed by atoms with Crippen LogP contribution >= 0.6 is 15.9 Å². The van der Waals surface area contributed by atoms with E-state index in [1.165, 1.54) is 0 Å². The first-order chi connectivity index (χ1) is 9.58. The first kappa shape index (κ1) is 15.0. The first-order valence-corrected chi connectivity index (χ1v) is 7.40. The Bertz CT molecular complexity index is 593. The number of nitrogens with one attached hydrogen (secondary N) is 1. The fourth-order valence-electron chi connectivity index (χ4n) is 2.34. The second-order valence-electron chi connectivity index (χ2n) is 4.71. The number of halogens is 1. The van der Waals surface area contributed by atoms with Gasteiger partial charge in [0.15, 0.2) is 0 Å². The van der Waals surface area contributed by atoms with Crippen LogP contribution in [-0.2, 0) is 13.0 Å². The van der Waals surface area contributed by atoms with Gasteiger partial charge >= 0.3 is 0 Å². The highest BCUT2D eigenvalue weighted by atomic mass is 79.9. The first-order valence-electron chi connectivity index (χ1n) is 6.60. The van der Waals surface area contributed by atoms with E-state index in [2.05, 4.69) is 33.4 Å². The van der Waals surface area contributed by atoms with Crippen molar-refractivity contribution in [3.63, 3.8) is 0 Å². The van der Waals surface area contributed by atoms with Gasteiger partial charge in [0.1, 0.15) is 0 Å². The van der Waals surface area contributed by atoms with E-state index in [4.69, 9.17) is 11.6 Å². The Morgan fingerprint density at radius 3 is 2.70 bits per heavy atom. The number of benzene rings is 1. The van der Waals surface area contributed by atoms with Gasteiger partial charge < -0.3 is 5.73 Å². The van der Waals surface area contributed by atoms with Crippen LogP contribution < -0.4 is 17.0 Å². The van der Waals surface area contributed by atoms with E-state index in [1.54, 1.807) is 0 Å². The molecule has 0 radical (unpaired) electrons. The molecule has 0 spiro atoms. The Morgan fingerprint density at radius 1 is 1.40 bits per heavy atom. The van der Waals surface area contributed by atoms with Gasteiger partial charge in [0, 0.05) is 18.7 Å². The molecule has 1 aromatic heterocycles. The number of hydrazine groups is 1. The summed E-state index contributed by atoms with van der Waals surface area (Å²) in [5, 5.41) is 4.50. The highest BCUT2D eigenvalue weighted by Gasteiger charge is 2.19. The molecule has 0 saturated heterocycles. The minimum absolute atomic E-state index is 0.0473. The second kappa shape index (κ2) is 6.39. The lowest BCUT2D eigenvalue weighted by molar-refractivity contribution is 0.517. The lowest BCUT2D eigenvalue weighted by Gasteiger charge is -2.19. The average molecular weight is 338 g/mol. The summed E-state index contributed by atoms with van der Waals surface area (Å²) in [6, 6.07) is 7.72. The van der Waals surface area contributed by atoms with Gasteiger partial charge in [-0.3, -0.25) is 16.0 Å². The summed E-state index contributed by atoms with van der Waals surface area (Å²) in [6.07, 6.45) is 0.722. The minimum atomic E-state index is -0.0473. The number of nitrogens with two attached hydrogens (primary N) is 2. The molecule has 1 unspecified atom stereocenters. The summed E-state index contributed by atoms with van der Waals surface area (Å²) < 4.78 is 3.03. The standard InChI is InChI=1S/C14H20BrN5/c1-3-20-13(14(15)9(2)19-20)8-12(18-17)10-6-4-5-7-11(10)16/h4-7,12,18H,3,8,16-17H2,1-2H3. The number of hydrogen-bond donors (Lipinski definition) is 3. The predicted octanol–water partition coefficient (Wildman–Crippen LogP) is 2.30. The normalized spacial score (nSPS) is 12.6. The van der Waals surface area contributed by atoms with E-state index < -0.39 is 0 Å². The highest BCUT2D eigenvalue weighted by Crippen LogP contribution is 2.28. The SMILES string of the molecule is CCn1nc(C)c(Br)c1CC(NN)c1ccccc1N. The molecule has 0 bridgehead atoms. The molecule has 0 saturated carbocycles. The van der Waals surface area contributed by atoms with Crippen LogP contribution in [0.1, 0.15) is 29.9 Å². The summed E-state index contributed by atoms with van der Waals surface area (Å²) in [5.74, 6) is 5.72. The number of hydrogen-bond acceptors (Lipinski definition) is 4. The number of aryl methyl sites for hydroxylation is 2. The van der Waals surface area contributed by atoms with Crippen molar-refractivity contribution in [2.75, 3.05) is 5.73 Å². The number of anilines is 1. The maximum atomic E-state index is 6.03. The van der Waals surface area contributed by atoms with Crippen molar-refractivity contribution < 1.29 is 0 Å². The molecule has 1 aromatic carbocycles. The highest BCUT2D eigenvalue weighted by molar-refractivity contribution is 9.10. The van der Waals surface area contributed by atoms with Gasteiger partial charge in [0.05, 0.1) is 21.9 Å². The Labute approximate surface area is 127 Å². The fourth-order valence-corrected chi connectivity index (χ4v) is 2.79. The van der Waals surface area contributed by atoms with Crippen LogP contribution in [0.4, 0.5) is 5.69 Å². The zero-order valence-electron chi connectivity index (χ0n) is 11.7. The van der Waals surface area contributed by atoms with E-state index in [0.717, 1.165) is 40.1 Å². The maximum absolute atomic E-state index is 6.03. The number of nitrogen functional groups attached to an aromatic ring is 1. The van der Waals surface area contributed by atoms with Crippen molar-refractivity contribution in [3.05, 3.63) is 45.7 Å². The third kappa shape index (κ3) is 2.87. The molecule has 0 aliphatic heterocycles. The molecule has 0 aliphatic carbocycles. The number of para-hydroxylation sites is 1. The van der Waals surface area contributed by atoms with Crippen molar-refractivity contribution in [1.29, 1.82) is 0 Å². The lowest BCUT2D eigenvalue weighted by Crippen LogP contribution is -2.31. The van der Waals surface area contributed by atoms with Crippen molar-refractivity contribution in [1.82, 2.24) is 15.2 Å². The summed E-state index contributed by atoms with van der Waals surface area (Å²) in [6.45, 7) is 4.88. The number of nitrogens with zero attached hydrogens (tertiary/aromatic N) is 2. The molecule has 5 N–H and O–H groups in total. The van der Waals surface area contributed by atoms with Crippen LogP contribution in [0.2, 0.25) is 0 Å². The van der Waals surface area contributed by atoms with Gasteiger partial charge in [-0.25, -0.2) is 0 Å². The molecule has 1 heterocycles. The predicted molar refractivity (Wildman–Crippen MR) is 85.0 cm³/mol. The lowest BCUT2D eigenvalue weighted by atomic mass is 10.0. The van der Waals surface area contributed by atoms with Crippen LogP contribution in [0, 0.1) is 6.92 Å². The zero-order valence-corrected chi connectivity index (χ0v) is 13.3. The topological polar surface area (TPSA) is 81.9 Å². The van der Waals surface area contributed by atoms with Crippen LogP contribution in [0.25, 0.3) is 0 Å². The van der Waals surface area contributed by atoms with E-state index in [1.807, 2.05) is 35.9 Å². The molecule has 5 nitrogen and oxygen atoms in total. The molecule has 2 aromatic rings. The molecule has 2 rings (SSSR count). The fraction of sp³-hybridized carbons (Fsp3) is 0.357. The van der Waals surface area contributed by atoms with Crippen molar-refractivity contribution >= 4 is 21.6 Å². The van der Waals surface area contributed by atoms with Crippen LogP contribution in [0.3, 0.4) is 0 Å². The van der Waals surface area contributed by atoms with Gasteiger partial charge in [-0.15, -0.1) is 0 Å². The third-order valence-corrected chi connectivity index (χ3v) is 4.45. The van der Waals surface area contributed by atoms with Gasteiger partial charge in [-0.2, -0.15) is 5.10 Å². The van der Waals surface area contributed by atoms with Gasteiger partial charge in [-0.05, 0) is 41.4 Å². The average Bonchev–Trinajstić information content (AvgIpc) is 2.73. The summed E-state index contributed by atoms with van der Waals surface area (Å²) in [7, 11) is 0. The molecule has 108 valence electrons. The second-order valence-corrected chi connectivity index (χ2v) is 5.51. The molecule has 6 heteroatoms. The molecular weight excluding hydrogens is 318 g/mol. The van der Waals surface area contributed by atoms with E-state index >= 15 is 0 Å². The van der Waals surface area contributed by atoms with E-state index in [0.29, 0.717) is 0 Å². The van der Waals surface area contributed by atoms with E-state index in [9.17, 15) is 0 Å². The summed E-state index contributed by atoms with van der Waals surface area (Å²) >= 11 is 3.61. The Balaban J connectivity index is 2.34. The smallest absolute Gasteiger partial charge is 0.0738 e. The minimum Gasteiger partial charge on any atom is -0.398 e. The maximum Gasteiger partial charge on any atom is 0.0738 e. The molecule has 20 heavy (non-hydrogen) atoms. The Kier molecular flexibility index (Phi) is 4.80. The largest absolute Gasteiger partial charge is 0.398 e. The monoisotopic (exact) mass is 337 g/mol. The summed E-state index contributed by atoms with van der Waals surface area (Å²) in [4.78, 5) is 0. The van der Waals surface area contributed by atoms with Gasteiger partial charge in [-0.1, -0.05) is 18.2 Å². The quantitative estimate of drug-likeness (QED) is 0.444. The zero-order chi connectivity index (χ0) is 14.7. The Morgan fingerprint density at radius 2 is 2.10 bits per heavy atom. The van der Waals surface area contributed by atoms with Crippen LogP contribution in [0.5, 0.6) is 0 Å². The van der Waals surface area contributed by atoms with Gasteiger partial charge in [0.25, 0.3) is 0 Å². The number of rotatable bonds is 5. The van der Waals surface area contributed by atoms with Crippen molar-refractivity contribution in [2.24, 2.45) is 5.84 Å². The molecule has 1 atom stereocenters. The number of aromatic nitrogens is 2. The van der Waals surface area contributed by atoms with Crippen LogP contribution in [-0.4, -0.2) is 9.78 Å². The van der Waals surface area contributed by atoms with Crippen molar-refractivity contribution in [3.8, 4) is 0 Å². The molecule has 0 fully saturated rings. The molecular formula is C14H20BrN5. The van der Waals surface area contributed by atoms with Gasteiger partial charge in [0.2, 0.25) is 0 Å². The molecule has 0 aliphatic rings.